The normalized spacial score (nSPS) is 19.5. The van der Waals surface area contributed by atoms with Crippen molar-refractivity contribution in [3.8, 4) is 0 Å². The van der Waals surface area contributed by atoms with Crippen LogP contribution in [0.1, 0.15) is 31.2 Å². The largest absolute Gasteiger partial charge is 0.399 e. The molecule has 1 aliphatic carbocycles. The number of hydrogen-bond donors (Lipinski definition) is 1. The Kier molecular flexibility index (Phi) is 2.86. The molecular weight excluding hydrogens is 186 g/mol. The highest BCUT2D eigenvalue weighted by atomic mass is 16.1. The van der Waals surface area contributed by atoms with Crippen molar-refractivity contribution in [2.45, 2.75) is 25.7 Å². The minimum absolute atomic E-state index is 0.304. The molecule has 0 aliphatic heterocycles. The van der Waals surface area contributed by atoms with Gasteiger partial charge in [-0.1, -0.05) is 12.1 Å². The third-order valence-electron chi connectivity index (χ3n) is 2.74. The molecule has 2 rings (SSSR count). The van der Waals surface area contributed by atoms with Crippen molar-refractivity contribution in [2.24, 2.45) is 0 Å². The molecule has 2 heteroatoms. The first kappa shape index (κ1) is 9.97. The van der Waals surface area contributed by atoms with Crippen LogP contribution in [-0.2, 0) is 4.79 Å². The summed E-state index contributed by atoms with van der Waals surface area (Å²) in [5.41, 5.74) is 8.38. The van der Waals surface area contributed by atoms with E-state index in [9.17, 15) is 4.79 Å². The second-order valence-electron chi connectivity index (χ2n) is 3.97. The van der Waals surface area contributed by atoms with E-state index in [1.807, 2.05) is 30.3 Å². The summed E-state index contributed by atoms with van der Waals surface area (Å²) in [5, 5.41) is 0. The van der Waals surface area contributed by atoms with Gasteiger partial charge in [0, 0.05) is 12.1 Å². The van der Waals surface area contributed by atoms with E-state index in [4.69, 9.17) is 5.73 Å². The van der Waals surface area contributed by atoms with Gasteiger partial charge in [0.05, 0.1) is 0 Å². The van der Waals surface area contributed by atoms with Gasteiger partial charge in [-0.2, -0.15) is 0 Å². The fourth-order valence-corrected chi connectivity index (χ4v) is 1.85. The topological polar surface area (TPSA) is 43.1 Å². The van der Waals surface area contributed by atoms with Crippen molar-refractivity contribution in [3.63, 3.8) is 0 Å². The second-order valence-corrected chi connectivity index (χ2v) is 3.97. The lowest BCUT2D eigenvalue weighted by Gasteiger charge is -2.12. The molecule has 0 saturated heterocycles. The van der Waals surface area contributed by atoms with Gasteiger partial charge in [0.15, 0.2) is 5.78 Å². The van der Waals surface area contributed by atoms with Crippen LogP contribution in [0.3, 0.4) is 0 Å². The highest BCUT2D eigenvalue weighted by molar-refractivity contribution is 6.00. The summed E-state index contributed by atoms with van der Waals surface area (Å²) in [4.78, 5) is 11.6. The first-order valence-corrected chi connectivity index (χ1v) is 5.35. The molecule has 0 spiro atoms. The molecule has 0 amide bonds. The van der Waals surface area contributed by atoms with E-state index in [1.165, 1.54) is 0 Å². The number of anilines is 1. The number of allylic oxidation sites excluding steroid dienone is 1. The maximum absolute atomic E-state index is 11.6. The Balaban J connectivity index is 2.21. The van der Waals surface area contributed by atoms with Crippen molar-refractivity contribution in [2.75, 3.05) is 5.73 Å². The number of ketones is 1. The fraction of sp³-hybridized carbons (Fsp3) is 0.308. The zero-order valence-electron chi connectivity index (χ0n) is 8.70. The third kappa shape index (κ3) is 2.46. The summed E-state index contributed by atoms with van der Waals surface area (Å²) in [7, 11) is 0. The van der Waals surface area contributed by atoms with E-state index in [-0.39, 0.29) is 0 Å². The van der Waals surface area contributed by atoms with Crippen LogP contribution in [0.2, 0.25) is 0 Å². The molecule has 0 atom stereocenters. The van der Waals surface area contributed by atoms with E-state index >= 15 is 0 Å². The smallest absolute Gasteiger partial charge is 0.158 e. The number of benzene rings is 1. The number of Topliss-reactive ketones (excluding diaryl/α,β-unsaturated/α-hetero) is 1. The summed E-state index contributed by atoms with van der Waals surface area (Å²) in [6.07, 6.45) is 5.79. The quantitative estimate of drug-likeness (QED) is 0.560. The van der Waals surface area contributed by atoms with Crippen LogP contribution in [0.25, 0.3) is 6.08 Å². The minimum atomic E-state index is 0.304. The van der Waals surface area contributed by atoms with Gasteiger partial charge in [-0.25, -0.2) is 0 Å². The van der Waals surface area contributed by atoms with Crippen molar-refractivity contribution in [1.82, 2.24) is 0 Å². The van der Waals surface area contributed by atoms with Gasteiger partial charge in [0.1, 0.15) is 0 Å². The van der Waals surface area contributed by atoms with E-state index in [1.54, 1.807) is 0 Å². The standard InChI is InChI=1S/C13H15NO/c14-12-7-5-10(6-8-12)9-11-3-1-2-4-13(11)15/h5-9H,1-4,14H2. The summed E-state index contributed by atoms with van der Waals surface area (Å²) in [6, 6.07) is 7.62. The van der Waals surface area contributed by atoms with Gasteiger partial charge in [-0.15, -0.1) is 0 Å². The van der Waals surface area contributed by atoms with E-state index < -0.39 is 0 Å². The van der Waals surface area contributed by atoms with Gasteiger partial charge in [-0.05, 0) is 48.6 Å². The van der Waals surface area contributed by atoms with Crippen LogP contribution < -0.4 is 5.73 Å². The van der Waals surface area contributed by atoms with Crippen LogP contribution in [0, 0.1) is 0 Å². The lowest BCUT2D eigenvalue weighted by Crippen LogP contribution is -2.07. The van der Waals surface area contributed by atoms with Crippen molar-refractivity contribution >= 4 is 17.5 Å². The fourth-order valence-electron chi connectivity index (χ4n) is 1.85. The summed E-state index contributed by atoms with van der Waals surface area (Å²) in [5.74, 6) is 0.304. The lowest BCUT2D eigenvalue weighted by molar-refractivity contribution is -0.116. The lowest BCUT2D eigenvalue weighted by atomic mass is 9.92. The first-order chi connectivity index (χ1) is 7.25. The molecule has 1 aromatic rings. The molecule has 1 fully saturated rings. The number of rotatable bonds is 1. The molecule has 0 radical (unpaired) electrons. The summed E-state index contributed by atoms with van der Waals surface area (Å²) >= 11 is 0. The van der Waals surface area contributed by atoms with Gasteiger partial charge >= 0.3 is 0 Å². The van der Waals surface area contributed by atoms with E-state index in [0.29, 0.717) is 12.2 Å². The number of carbonyl (C=O) groups is 1. The Labute approximate surface area is 89.8 Å². The molecule has 0 heterocycles. The highest BCUT2D eigenvalue weighted by Crippen LogP contribution is 2.22. The van der Waals surface area contributed by atoms with Crippen molar-refractivity contribution in [3.05, 3.63) is 35.4 Å². The zero-order valence-corrected chi connectivity index (χ0v) is 8.70. The number of carbonyl (C=O) groups excluding carboxylic acids is 1. The molecule has 78 valence electrons. The number of hydrogen-bond acceptors (Lipinski definition) is 2. The van der Waals surface area contributed by atoms with E-state index in [0.717, 1.165) is 36.1 Å². The SMILES string of the molecule is Nc1ccc(C=C2CCCCC2=O)cc1. The van der Waals surface area contributed by atoms with Crippen molar-refractivity contribution < 1.29 is 4.79 Å². The van der Waals surface area contributed by atoms with E-state index in [2.05, 4.69) is 0 Å². The average molecular weight is 201 g/mol. The third-order valence-corrected chi connectivity index (χ3v) is 2.74. The van der Waals surface area contributed by atoms with Crippen LogP contribution in [0.15, 0.2) is 29.8 Å². The maximum Gasteiger partial charge on any atom is 0.158 e. The molecule has 1 aliphatic rings. The summed E-state index contributed by atoms with van der Waals surface area (Å²) in [6.45, 7) is 0. The maximum atomic E-state index is 11.6. The molecular formula is C13H15NO. The van der Waals surface area contributed by atoms with Gasteiger partial charge in [-0.3, -0.25) is 4.79 Å². The Morgan fingerprint density at radius 2 is 1.73 bits per heavy atom. The molecule has 1 saturated carbocycles. The number of nitrogen functional groups attached to an aromatic ring is 1. The van der Waals surface area contributed by atoms with Gasteiger partial charge in [0.2, 0.25) is 0 Å². The molecule has 0 unspecified atom stereocenters. The Hall–Kier alpha value is -1.57. The van der Waals surface area contributed by atoms with Crippen LogP contribution >= 0.6 is 0 Å². The average Bonchev–Trinajstić information content (AvgIpc) is 2.25. The molecule has 0 aromatic heterocycles. The molecule has 2 N–H and O–H groups in total. The summed E-state index contributed by atoms with van der Waals surface area (Å²) < 4.78 is 0. The predicted octanol–water partition coefficient (Wildman–Crippen LogP) is 2.80. The molecule has 1 aromatic carbocycles. The molecule has 2 nitrogen and oxygen atoms in total. The molecule has 0 bridgehead atoms. The Morgan fingerprint density at radius 1 is 1.07 bits per heavy atom. The van der Waals surface area contributed by atoms with Crippen molar-refractivity contribution in [1.29, 1.82) is 0 Å². The van der Waals surface area contributed by atoms with Crippen LogP contribution in [0.4, 0.5) is 5.69 Å². The van der Waals surface area contributed by atoms with Crippen LogP contribution in [-0.4, -0.2) is 5.78 Å². The van der Waals surface area contributed by atoms with Crippen LogP contribution in [0.5, 0.6) is 0 Å². The van der Waals surface area contributed by atoms with Gasteiger partial charge < -0.3 is 5.73 Å². The second kappa shape index (κ2) is 4.30. The highest BCUT2D eigenvalue weighted by Gasteiger charge is 2.14. The molecule has 15 heavy (non-hydrogen) atoms. The first-order valence-electron chi connectivity index (χ1n) is 5.35. The minimum Gasteiger partial charge on any atom is -0.399 e. The van der Waals surface area contributed by atoms with Gasteiger partial charge in [0.25, 0.3) is 0 Å². The number of nitrogens with two attached hydrogens (primary N) is 1. The predicted molar refractivity (Wildman–Crippen MR) is 62.3 cm³/mol. The Bertz CT molecular complexity index is 390. The Morgan fingerprint density at radius 3 is 2.40 bits per heavy atom. The monoisotopic (exact) mass is 201 g/mol. The zero-order chi connectivity index (χ0) is 10.7.